The molecule has 0 aliphatic carbocycles. The number of benzene rings is 2. The molecule has 0 bridgehead atoms. The van der Waals surface area contributed by atoms with Crippen LogP contribution in [0.3, 0.4) is 0 Å². The van der Waals surface area contributed by atoms with Crippen LogP contribution in [0.2, 0.25) is 0 Å². The summed E-state index contributed by atoms with van der Waals surface area (Å²) in [5.74, 6) is 0.218. The lowest BCUT2D eigenvalue weighted by Crippen LogP contribution is -2.11. The minimum Gasteiger partial charge on any atom is -0.492 e. The van der Waals surface area contributed by atoms with Crippen LogP contribution in [0.4, 0.5) is 10.1 Å². The van der Waals surface area contributed by atoms with Gasteiger partial charge in [0.05, 0.1) is 4.47 Å². The summed E-state index contributed by atoms with van der Waals surface area (Å²) in [7, 11) is 0. The highest BCUT2D eigenvalue weighted by molar-refractivity contribution is 9.10. The highest BCUT2D eigenvalue weighted by Gasteiger charge is 2.01. The van der Waals surface area contributed by atoms with Gasteiger partial charge in [0, 0.05) is 18.3 Å². The molecule has 0 unspecified atom stereocenters. The van der Waals surface area contributed by atoms with E-state index in [1.165, 1.54) is 11.6 Å². The van der Waals surface area contributed by atoms with Crippen molar-refractivity contribution in [3.8, 4) is 5.75 Å². The van der Waals surface area contributed by atoms with Gasteiger partial charge in [-0.3, -0.25) is 0 Å². The van der Waals surface area contributed by atoms with E-state index in [1.807, 2.05) is 24.3 Å². The molecule has 1 N–H and O–H groups in total. The van der Waals surface area contributed by atoms with Gasteiger partial charge in [0.1, 0.15) is 18.2 Å². The molecule has 0 aliphatic heterocycles. The van der Waals surface area contributed by atoms with Gasteiger partial charge in [-0.05, 0) is 47.1 Å². The quantitative estimate of drug-likeness (QED) is 0.824. The maximum Gasteiger partial charge on any atom is 0.141 e. The second kappa shape index (κ2) is 6.57. The first kappa shape index (κ1) is 13.9. The SMILES string of the molecule is Cc1ccc(NCCOc2ccc(Br)c(F)c2)cc1. The topological polar surface area (TPSA) is 21.3 Å². The largest absolute Gasteiger partial charge is 0.492 e. The Balaban J connectivity index is 1.77. The van der Waals surface area contributed by atoms with E-state index in [1.54, 1.807) is 12.1 Å². The number of hydrogen-bond donors (Lipinski definition) is 1. The molecule has 0 amide bonds. The third kappa shape index (κ3) is 4.24. The van der Waals surface area contributed by atoms with Crippen LogP contribution in [0.25, 0.3) is 0 Å². The molecule has 19 heavy (non-hydrogen) atoms. The van der Waals surface area contributed by atoms with Gasteiger partial charge in [-0.2, -0.15) is 0 Å². The number of ether oxygens (including phenoxy) is 1. The molecule has 4 heteroatoms. The number of hydrogen-bond acceptors (Lipinski definition) is 2. The molecular formula is C15H15BrFNO. The molecule has 0 spiro atoms. The van der Waals surface area contributed by atoms with Crippen LogP contribution in [0.1, 0.15) is 5.56 Å². The Kier molecular flexibility index (Phi) is 4.80. The summed E-state index contributed by atoms with van der Waals surface area (Å²) in [6, 6.07) is 12.9. The zero-order valence-electron chi connectivity index (χ0n) is 10.6. The fourth-order valence-electron chi connectivity index (χ4n) is 1.60. The van der Waals surface area contributed by atoms with Crippen LogP contribution in [0, 0.1) is 12.7 Å². The molecule has 0 heterocycles. The van der Waals surface area contributed by atoms with Gasteiger partial charge in [0.25, 0.3) is 0 Å². The molecule has 0 radical (unpaired) electrons. The lowest BCUT2D eigenvalue weighted by Gasteiger charge is -2.09. The van der Waals surface area contributed by atoms with Gasteiger partial charge in [0.2, 0.25) is 0 Å². The molecule has 2 rings (SSSR count). The van der Waals surface area contributed by atoms with Crippen molar-refractivity contribution in [1.82, 2.24) is 0 Å². The summed E-state index contributed by atoms with van der Waals surface area (Å²) in [6.45, 7) is 3.20. The van der Waals surface area contributed by atoms with Crippen LogP contribution in [0.5, 0.6) is 5.75 Å². The minimum atomic E-state index is -0.316. The average Bonchev–Trinajstić information content (AvgIpc) is 2.41. The normalized spacial score (nSPS) is 10.3. The van der Waals surface area contributed by atoms with Crippen molar-refractivity contribution >= 4 is 21.6 Å². The monoisotopic (exact) mass is 323 g/mol. The van der Waals surface area contributed by atoms with Crippen molar-refractivity contribution in [2.75, 3.05) is 18.5 Å². The first-order valence-electron chi connectivity index (χ1n) is 6.03. The number of halogens is 2. The Morgan fingerprint density at radius 1 is 1.16 bits per heavy atom. The molecule has 0 saturated carbocycles. The third-order valence-corrected chi connectivity index (χ3v) is 3.29. The molecule has 0 saturated heterocycles. The second-order valence-electron chi connectivity index (χ2n) is 4.22. The Labute approximate surface area is 120 Å². The number of aryl methyl sites for hydroxylation is 1. The van der Waals surface area contributed by atoms with Crippen LogP contribution >= 0.6 is 15.9 Å². The van der Waals surface area contributed by atoms with Crippen molar-refractivity contribution in [2.24, 2.45) is 0 Å². The van der Waals surface area contributed by atoms with E-state index >= 15 is 0 Å². The lowest BCUT2D eigenvalue weighted by atomic mass is 10.2. The maximum absolute atomic E-state index is 13.2. The highest BCUT2D eigenvalue weighted by Crippen LogP contribution is 2.20. The molecule has 2 aromatic rings. The maximum atomic E-state index is 13.2. The molecule has 0 atom stereocenters. The third-order valence-electron chi connectivity index (χ3n) is 2.64. The Morgan fingerprint density at radius 3 is 2.58 bits per heavy atom. The Hall–Kier alpha value is -1.55. The zero-order chi connectivity index (χ0) is 13.7. The van der Waals surface area contributed by atoms with E-state index in [0.29, 0.717) is 23.4 Å². The van der Waals surface area contributed by atoms with E-state index < -0.39 is 0 Å². The number of rotatable bonds is 5. The molecule has 0 fully saturated rings. The van der Waals surface area contributed by atoms with Crippen molar-refractivity contribution in [3.63, 3.8) is 0 Å². The van der Waals surface area contributed by atoms with E-state index in [4.69, 9.17) is 4.74 Å². The van der Waals surface area contributed by atoms with Crippen LogP contribution in [-0.4, -0.2) is 13.2 Å². The van der Waals surface area contributed by atoms with E-state index in [9.17, 15) is 4.39 Å². The first-order chi connectivity index (χ1) is 9.15. The molecule has 100 valence electrons. The summed E-state index contributed by atoms with van der Waals surface area (Å²) in [4.78, 5) is 0. The fraction of sp³-hybridized carbons (Fsp3) is 0.200. The van der Waals surface area contributed by atoms with Crippen LogP contribution in [0.15, 0.2) is 46.9 Å². The molecule has 0 aromatic heterocycles. The molecular weight excluding hydrogens is 309 g/mol. The van der Waals surface area contributed by atoms with Gasteiger partial charge >= 0.3 is 0 Å². The van der Waals surface area contributed by atoms with Gasteiger partial charge in [-0.25, -0.2) is 4.39 Å². The van der Waals surface area contributed by atoms with Crippen molar-refractivity contribution in [2.45, 2.75) is 6.92 Å². The van der Waals surface area contributed by atoms with E-state index in [0.717, 1.165) is 5.69 Å². The highest BCUT2D eigenvalue weighted by atomic mass is 79.9. The van der Waals surface area contributed by atoms with Crippen LogP contribution in [-0.2, 0) is 0 Å². The number of nitrogens with one attached hydrogen (secondary N) is 1. The lowest BCUT2D eigenvalue weighted by molar-refractivity contribution is 0.331. The predicted molar refractivity (Wildman–Crippen MR) is 79.3 cm³/mol. The molecule has 0 aliphatic rings. The van der Waals surface area contributed by atoms with Gasteiger partial charge in [-0.1, -0.05) is 17.7 Å². The Morgan fingerprint density at radius 2 is 1.89 bits per heavy atom. The second-order valence-corrected chi connectivity index (χ2v) is 5.07. The summed E-state index contributed by atoms with van der Waals surface area (Å²) in [6.07, 6.45) is 0. The average molecular weight is 324 g/mol. The smallest absolute Gasteiger partial charge is 0.141 e. The molecule has 2 nitrogen and oxygen atoms in total. The van der Waals surface area contributed by atoms with Crippen molar-refractivity contribution < 1.29 is 9.13 Å². The van der Waals surface area contributed by atoms with Crippen molar-refractivity contribution in [1.29, 1.82) is 0 Å². The standard InChI is InChI=1S/C15H15BrFNO/c1-11-2-4-12(5-3-11)18-8-9-19-13-6-7-14(16)15(17)10-13/h2-7,10,18H,8-9H2,1H3. The minimum absolute atomic E-state index is 0.316. The first-order valence-corrected chi connectivity index (χ1v) is 6.83. The fourth-order valence-corrected chi connectivity index (χ4v) is 1.85. The van der Waals surface area contributed by atoms with Gasteiger partial charge in [-0.15, -0.1) is 0 Å². The summed E-state index contributed by atoms with van der Waals surface area (Å²) in [5, 5.41) is 3.24. The van der Waals surface area contributed by atoms with Crippen LogP contribution < -0.4 is 10.1 Å². The summed E-state index contributed by atoms with van der Waals surface area (Å²) < 4.78 is 19.2. The molecule has 2 aromatic carbocycles. The van der Waals surface area contributed by atoms with Gasteiger partial charge < -0.3 is 10.1 Å². The van der Waals surface area contributed by atoms with Crippen molar-refractivity contribution in [3.05, 3.63) is 58.3 Å². The van der Waals surface area contributed by atoms with Gasteiger partial charge in [0.15, 0.2) is 0 Å². The zero-order valence-corrected chi connectivity index (χ0v) is 12.2. The summed E-state index contributed by atoms with van der Waals surface area (Å²) in [5.41, 5.74) is 2.28. The number of anilines is 1. The van der Waals surface area contributed by atoms with E-state index in [-0.39, 0.29) is 5.82 Å². The summed E-state index contributed by atoms with van der Waals surface area (Å²) >= 11 is 3.10. The predicted octanol–water partition coefficient (Wildman–Crippen LogP) is 4.39. The van der Waals surface area contributed by atoms with E-state index in [2.05, 4.69) is 28.2 Å². The Bertz CT molecular complexity index is 542.